The number of aromatic nitrogens is 2. The van der Waals surface area contributed by atoms with Crippen LogP contribution in [0, 0.1) is 19.7 Å². The summed E-state index contributed by atoms with van der Waals surface area (Å²) in [7, 11) is 1.81. The number of benzene rings is 1. The fourth-order valence-corrected chi connectivity index (χ4v) is 2.51. The Kier molecular flexibility index (Phi) is 4.42. The smallest absolute Gasteiger partial charge is 0.128 e. The number of nitrogens with two attached hydrogens (primary N) is 1. The van der Waals surface area contributed by atoms with Crippen molar-refractivity contribution in [2.45, 2.75) is 26.3 Å². The molecule has 0 aliphatic rings. The molecule has 1 aromatic carbocycles. The summed E-state index contributed by atoms with van der Waals surface area (Å²) in [6.07, 6.45) is 0.465. The largest absolute Gasteiger partial charge is 0.271 e. The lowest BCUT2D eigenvalue weighted by atomic mass is 10.0. The first-order chi connectivity index (χ1) is 9.43. The minimum absolute atomic E-state index is 0.275. The zero-order valence-corrected chi connectivity index (χ0v) is 12.5. The molecule has 0 saturated heterocycles. The Hall–Kier alpha value is -1.43. The minimum atomic E-state index is -0.358. The molecule has 0 spiro atoms. The van der Waals surface area contributed by atoms with Crippen LogP contribution in [0.1, 0.15) is 28.6 Å². The van der Waals surface area contributed by atoms with Gasteiger partial charge in [-0.05, 0) is 25.5 Å². The molecule has 3 N–H and O–H groups in total. The van der Waals surface area contributed by atoms with Gasteiger partial charge >= 0.3 is 0 Å². The summed E-state index contributed by atoms with van der Waals surface area (Å²) >= 11 is 6.22. The third-order valence-corrected chi connectivity index (χ3v) is 3.88. The van der Waals surface area contributed by atoms with Gasteiger partial charge in [0.2, 0.25) is 0 Å². The van der Waals surface area contributed by atoms with Gasteiger partial charge in [0.05, 0.1) is 22.5 Å². The molecule has 4 nitrogen and oxygen atoms in total. The maximum absolute atomic E-state index is 14.0. The Morgan fingerprint density at radius 3 is 2.65 bits per heavy atom. The van der Waals surface area contributed by atoms with Crippen LogP contribution in [0.5, 0.6) is 0 Å². The minimum Gasteiger partial charge on any atom is -0.271 e. The molecule has 108 valence electrons. The normalized spacial score (nSPS) is 12.7. The average molecular weight is 297 g/mol. The first kappa shape index (κ1) is 15.0. The predicted octanol–water partition coefficient (Wildman–Crippen LogP) is 2.58. The fourth-order valence-electron chi connectivity index (χ4n) is 2.27. The molecule has 0 bridgehead atoms. The number of hydrogen-bond acceptors (Lipinski definition) is 3. The highest BCUT2D eigenvalue weighted by molar-refractivity contribution is 6.31. The van der Waals surface area contributed by atoms with Crippen LogP contribution in [0.15, 0.2) is 18.2 Å². The molecule has 0 aliphatic heterocycles. The lowest BCUT2D eigenvalue weighted by Crippen LogP contribution is -2.31. The van der Waals surface area contributed by atoms with E-state index in [1.54, 1.807) is 10.7 Å². The van der Waals surface area contributed by atoms with Crippen molar-refractivity contribution in [2.24, 2.45) is 12.9 Å². The second-order valence-corrected chi connectivity index (χ2v) is 5.30. The van der Waals surface area contributed by atoms with Gasteiger partial charge in [-0.2, -0.15) is 5.10 Å². The van der Waals surface area contributed by atoms with Crippen LogP contribution >= 0.6 is 11.6 Å². The first-order valence-electron chi connectivity index (χ1n) is 6.34. The van der Waals surface area contributed by atoms with Crippen LogP contribution in [-0.4, -0.2) is 9.78 Å². The van der Waals surface area contributed by atoms with Gasteiger partial charge in [0, 0.05) is 19.0 Å². The van der Waals surface area contributed by atoms with E-state index in [0.717, 1.165) is 17.0 Å². The quantitative estimate of drug-likeness (QED) is 0.673. The molecule has 2 aromatic rings. The van der Waals surface area contributed by atoms with Crippen LogP contribution in [-0.2, 0) is 13.5 Å². The van der Waals surface area contributed by atoms with E-state index in [4.69, 9.17) is 17.4 Å². The molecule has 1 aromatic heterocycles. The number of halogens is 2. The zero-order valence-electron chi connectivity index (χ0n) is 11.7. The number of hydrogen-bond donors (Lipinski definition) is 2. The monoisotopic (exact) mass is 296 g/mol. The Balaban J connectivity index is 2.33. The summed E-state index contributed by atoms with van der Waals surface area (Å²) in [6.45, 7) is 3.68. The van der Waals surface area contributed by atoms with E-state index in [2.05, 4.69) is 10.5 Å². The summed E-state index contributed by atoms with van der Waals surface area (Å²) in [5, 5.41) is 4.85. The summed E-state index contributed by atoms with van der Waals surface area (Å²) in [6, 6.07) is 4.74. The molecule has 0 amide bonds. The highest BCUT2D eigenvalue weighted by Crippen LogP contribution is 2.26. The molecule has 0 fully saturated rings. The highest BCUT2D eigenvalue weighted by Gasteiger charge is 2.20. The molecule has 1 unspecified atom stereocenters. The number of nitrogens with zero attached hydrogens (tertiary/aromatic N) is 2. The van der Waals surface area contributed by atoms with Crippen molar-refractivity contribution < 1.29 is 4.39 Å². The molecule has 1 atom stereocenters. The summed E-state index contributed by atoms with van der Waals surface area (Å²) in [5.74, 6) is 5.30. The second-order valence-electron chi connectivity index (χ2n) is 4.92. The summed E-state index contributed by atoms with van der Waals surface area (Å²) in [4.78, 5) is 0. The first-order valence-corrected chi connectivity index (χ1v) is 6.72. The van der Waals surface area contributed by atoms with Crippen molar-refractivity contribution in [3.63, 3.8) is 0 Å². The van der Waals surface area contributed by atoms with Crippen molar-refractivity contribution in [3.05, 3.63) is 51.6 Å². The Labute approximate surface area is 122 Å². The van der Waals surface area contributed by atoms with Gasteiger partial charge < -0.3 is 0 Å². The summed E-state index contributed by atoms with van der Waals surface area (Å²) in [5.41, 5.74) is 5.62. The van der Waals surface area contributed by atoms with Gasteiger partial charge in [-0.3, -0.25) is 16.0 Å². The molecule has 1 heterocycles. The van der Waals surface area contributed by atoms with Crippen LogP contribution in [0.25, 0.3) is 0 Å². The van der Waals surface area contributed by atoms with Crippen molar-refractivity contribution in [3.8, 4) is 0 Å². The molecule has 2 rings (SSSR count). The molecular weight excluding hydrogens is 279 g/mol. The van der Waals surface area contributed by atoms with E-state index in [0.29, 0.717) is 17.0 Å². The second kappa shape index (κ2) is 5.91. The average Bonchev–Trinajstić information content (AvgIpc) is 2.62. The maximum Gasteiger partial charge on any atom is 0.128 e. The standard InChI is InChI=1S/C14H18ClFN4/c1-8-4-5-10(11(16)6-8)12(18-17)7-13-14(15)9(2)19-20(13)3/h4-6,12,18H,7,17H2,1-3H3. The lowest BCUT2D eigenvalue weighted by molar-refractivity contribution is 0.497. The molecule has 0 saturated carbocycles. The van der Waals surface area contributed by atoms with E-state index in [1.807, 2.05) is 27.0 Å². The molecule has 0 radical (unpaired) electrons. The van der Waals surface area contributed by atoms with Crippen molar-refractivity contribution in [2.75, 3.05) is 0 Å². The highest BCUT2D eigenvalue weighted by atomic mass is 35.5. The molecule has 0 aliphatic carbocycles. The van der Waals surface area contributed by atoms with Crippen molar-refractivity contribution >= 4 is 11.6 Å². The number of aryl methyl sites for hydroxylation is 3. The zero-order chi connectivity index (χ0) is 14.9. The topological polar surface area (TPSA) is 55.9 Å². The third-order valence-electron chi connectivity index (χ3n) is 3.39. The molecule has 6 heteroatoms. The Bertz CT molecular complexity index is 624. The van der Waals surface area contributed by atoms with Crippen LogP contribution in [0.4, 0.5) is 4.39 Å². The van der Waals surface area contributed by atoms with E-state index in [9.17, 15) is 4.39 Å². The maximum atomic E-state index is 14.0. The van der Waals surface area contributed by atoms with E-state index >= 15 is 0 Å². The van der Waals surface area contributed by atoms with E-state index in [1.165, 1.54) is 6.07 Å². The van der Waals surface area contributed by atoms with Gasteiger partial charge in [-0.15, -0.1) is 0 Å². The predicted molar refractivity (Wildman–Crippen MR) is 77.9 cm³/mol. The Morgan fingerprint density at radius 1 is 1.45 bits per heavy atom. The van der Waals surface area contributed by atoms with E-state index < -0.39 is 0 Å². The van der Waals surface area contributed by atoms with Gasteiger partial charge in [0.1, 0.15) is 5.82 Å². The van der Waals surface area contributed by atoms with Gasteiger partial charge in [-0.25, -0.2) is 4.39 Å². The third kappa shape index (κ3) is 2.85. The molecule has 20 heavy (non-hydrogen) atoms. The summed E-state index contributed by atoms with van der Waals surface area (Å²) < 4.78 is 15.7. The van der Waals surface area contributed by atoms with Crippen molar-refractivity contribution in [1.29, 1.82) is 0 Å². The SMILES string of the molecule is Cc1ccc(C(Cc2c(Cl)c(C)nn2C)NN)c(F)c1. The van der Waals surface area contributed by atoms with Gasteiger partial charge in [0.15, 0.2) is 0 Å². The Morgan fingerprint density at radius 2 is 2.15 bits per heavy atom. The number of rotatable bonds is 4. The van der Waals surface area contributed by atoms with Gasteiger partial charge in [0.25, 0.3) is 0 Å². The van der Waals surface area contributed by atoms with E-state index in [-0.39, 0.29) is 11.9 Å². The molecular formula is C14H18ClFN4. The fraction of sp³-hybridized carbons (Fsp3) is 0.357. The number of nitrogens with one attached hydrogen (secondary N) is 1. The van der Waals surface area contributed by atoms with Gasteiger partial charge in [-0.1, -0.05) is 23.7 Å². The van der Waals surface area contributed by atoms with Crippen LogP contribution < -0.4 is 11.3 Å². The van der Waals surface area contributed by atoms with Crippen molar-refractivity contribution in [1.82, 2.24) is 15.2 Å². The lowest BCUT2D eigenvalue weighted by Gasteiger charge is -2.17. The van der Waals surface area contributed by atoms with Crippen LogP contribution in [0.3, 0.4) is 0 Å². The number of hydrazine groups is 1. The van der Waals surface area contributed by atoms with Crippen LogP contribution in [0.2, 0.25) is 5.02 Å².